The molecule has 15 heavy (non-hydrogen) atoms. The van der Waals surface area contributed by atoms with E-state index in [1.165, 1.54) is 32.2 Å². The van der Waals surface area contributed by atoms with Gasteiger partial charge in [-0.1, -0.05) is 30.3 Å². The van der Waals surface area contributed by atoms with Crippen LogP contribution in [0.4, 0.5) is 0 Å². The van der Waals surface area contributed by atoms with Crippen LogP contribution in [-0.2, 0) is 0 Å². The molecule has 0 amide bonds. The Morgan fingerprint density at radius 1 is 1.07 bits per heavy atom. The highest BCUT2D eigenvalue weighted by Crippen LogP contribution is 2.41. The van der Waals surface area contributed by atoms with Crippen LogP contribution in [-0.4, -0.2) is 12.6 Å². The summed E-state index contributed by atoms with van der Waals surface area (Å²) < 4.78 is 0. The first-order chi connectivity index (χ1) is 7.43. The largest absolute Gasteiger partial charge is 0.314 e. The van der Waals surface area contributed by atoms with Gasteiger partial charge >= 0.3 is 0 Å². The molecule has 1 saturated heterocycles. The minimum Gasteiger partial charge on any atom is -0.314 e. The highest BCUT2D eigenvalue weighted by atomic mass is 14.9. The van der Waals surface area contributed by atoms with Crippen molar-refractivity contribution in [3.63, 3.8) is 0 Å². The van der Waals surface area contributed by atoms with Crippen molar-refractivity contribution in [3.05, 3.63) is 35.9 Å². The second-order valence-corrected chi connectivity index (χ2v) is 5.04. The highest BCUT2D eigenvalue weighted by Gasteiger charge is 2.35. The smallest absolute Gasteiger partial charge is 0.0101 e. The third-order valence-corrected chi connectivity index (χ3v) is 4.12. The fraction of sp³-hybridized carbons (Fsp3) is 0.571. The van der Waals surface area contributed by atoms with Crippen LogP contribution < -0.4 is 5.32 Å². The maximum Gasteiger partial charge on any atom is 0.0101 e. The van der Waals surface area contributed by atoms with Crippen molar-refractivity contribution < 1.29 is 0 Å². The van der Waals surface area contributed by atoms with Crippen molar-refractivity contribution in [1.29, 1.82) is 0 Å². The van der Waals surface area contributed by atoms with Crippen molar-refractivity contribution in [2.45, 2.75) is 37.6 Å². The van der Waals surface area contributed by atoms with Crippen molar-refractivity contribution >= 4 is 0 Å². The van der Waals surface area contributed by atoms with E-state index in [1.54, 1.807) is 5.56 Å². The van der Waals surface area contributed by atoms with E-state index in [0.717, 1.165) is 17.9 Å². The molecule has 1 N–H and O–H groups in total. The maximum absolute atomic E-state index is 3.68. The average molecular weight is 201 g/mol. The van der Waals surface area contributed by atoms with Gasteiger partial charge in [0.2, 0.25) is 0 Å². The Balaban J connectivity index is 1.75. The van der Waals surface area contributed by atoms with E-state index in [0.29, 0.717) is 0 Å². The van der Waals surface area contributed by atoms with E-state index >= 15 is 0 Å². The molecular formula is C14H19N. The summed E-state index contributed by atoms with van der Waals surface area (Å²) in [6.07, 6.45) is 5.58. The summed E-state index contributed by atoms with van der Waals surface area (Å²) in [6.45, 7) is 1.24. The van der Waals surface area contributed by atoms with E-state index in [-0.39, 0.29) is 0 Å². The molecule has 1 aromatic carbocycles. The molecule has 3 rings (SSSR count). The zero-order chi connectivity index (χ0) is 10.1. The Bertz CT molecular complexity index is 305. The van der Waals surface area contributed by atoms with Gasteiger partial charge < -0.3 is 5.32 Å². The van der Waals surface area contributed by atoms with Gasteiger partial charge in [0.05, 0.1) is 0 Å². The number of piperidine rings is 1. The number of rotatable bonds is 1. The lowest BCUT2D eigenvalue weighted by Crippen LogP contribution is -2.37. The number of nitrogens with one attached hydrogen (secondary N) is 1. The molecule has 1 aliphatic heterocycles. The summed E-state index contributed by atoms with van der Waals surface area (Å²) in [7, 11) is 0. The van der Waals surface area contributed by atoms with Gasteiger partial charge in [0.25, 0.3) is 0 Å². The standard InChI is InChI=1S/C14H19N/c1-2-5-11(6-3-1)13-9-12-7-4-8-15-14(12)10-13/h1-3,5-6,12-15H,4,7-10H2. The molecule has 3 atom stereocenters. The summed E-state index contributed by atoms with van der Waals surface area (Å²) >= 11 is 0. The van der Waals surface area contributed by atoms with Crippen LogP contribution in [0.15, 0.2) is 30.3 Å². The zero-order valence-corrected chi connectivity index (χ0v) is 9.15. The Labute approximate surface area is 91.9 Å². The van der Waals surface area contributed by atoms with Crippen LogP contribution >= 0.6 is 0 Å². The van der Waals surface area contributed by atoms with Gasteiger partial charge in [-0.3, -0.25) is 0 Å². The summed E-state index contributed by atoms with van der Waals surface area (Å²) in [5, 5.41) is 3.68. The Morgan fingerprint density at radius 3 is 2.73 bits per heavy atom. The summed E-state index contributed by atoms with van der Waals surface area (Å²) in [5.41, 5.74) is 1.55. The van der Waals surface area contributed by atoms with Gasteiger partial charge in [-0.15, -0.1) is 0 Å². The number of benzene rings is 1. The van der Waals surface area contributed by atoms with Crippen LogP contribution in [0.1, 0.15) is 37.2 Å². The van der Waals surface area contributed by atoms with Crippen molar-refractivity contribution in [2.24, 2.45) is 5.92 Å². The molecule has 1 nitrogen and oxygen atoms in total. The number of hydrogen-bond acceptors (Lipinski definition) is 1. The predicted molar refractivity (Wildman–Crippen MR) is 62.9 cm³/mol. The first kappa shape index (κ1) is 9.41. The molecule has 2 fully saturated rings. The van der Waals surface area contributed by atoms with Gasteiger partial charge in [0.1, 0.15) is 0 Å². The van der Waals surface area contributed by atoms with Gasteiger partial charge in [0, 0.05) is 6.04 Å². The first-order valence-corrected chi connectivity index (χ1v) is 6.22. The van der Waals surface area contributed by atoms with Gasteiger partial charge in [-0.25, -0.2) is 0 Å². The monoisotopic (exact) mass is 201 g/mol. The normalized spacial score (nSPS) is 35.1. The Morgan fingerprint density at radius 2 is 1.93 bits per heavy atom. The summed E-state index contributed by atoms with van der Waals surface area (Å²) in [5.74, 6) is 1.76. The molecule has 1 heterocycles. The van der Waals surface area contributed by atoms with E-state index in [2.05, 4.69) is 35.6 Å². The lowest BCUT2D eigenvalue weighted by molar-refractivity contribution is 0.318. The van der Waals surface area contributed by atoms with Crippen LogP contribution in [0.5, 0.6) is 0 Å². The highest BCUT2D eigenvalue weighted by molar-refractivity contribution is 5.21. The van der Waals surface area contributed by atoms with Gasteiger partial charge in [0.15, 0.2) is 0 Å². The quantitative estimate of drug-likeness (QED) is 0.736. The number of hydrogen-bond donors (Lipinski definition) is 1. The van der Waals surface area contributed by atoms with Crippen molar-refractivity contribution in [2.75, 3.05) is 6.54 Å². The molecule has 0 aromatic heterocycles. The molecular weight excluding hydrogens is 182 g/mol. The Kier molecular flexibility index (Phi) is 2.49. The minimum atomic E-state index is 0.809. The molecule has 1 aliphatic carbocycles. The lowest BCUT2D eigenvalue weighted by Gasteiger charge is -2.25. The van der Waals surface area contributed by atoms with E-state index in [9.17, 15) is 0 Å². The van der Waals surface area contributed by atoms with E-state index in [4.69, 9.17) is 0 Å². The van der Waals surface area contributed by atoms with Crippen LogP contribution in [0.25, 0.3) is 0 Å². The van der Waals surface area contributed by atoms with Crippen LogP contribution in [0, 0.1) is 5.92 Å². The lowest BCUT2D eigenvalue weighted by atomic mass is 9.93. The number of fused-ring (bicyclic) bond motifs is 1. The van der Waals surface area contributed by atoms with Crippen LogP contribution in [0.2, 0.25) is 0 Å². The minimum absolute atomic E-state index is 0.809. The SMILES string of the molecule is c1ccc(C2CC3CCCNC3C2)cc1. The molecule has 80 valence electrons. The van der Waals surface area contributed by atoms with Gasteiger partial charge in [-0.2, -0.15) is 0 Å². The second kappa shape index (κ2) is 3.97. The van der Waals surface area contributed by atoms with Crippen molar-refractivity contribution in [3.8, 4) is 0 Å². The molecule has 0 radical (unpaired) electrons. The van der Waals surface area contributed by atoms with Gasteiger partial charge in [-0.05, 0) is 49.6 Å². The van der Waals surface area contributed by atoms with E-state index < -0.39 is 0 Å². The molecule has 1 aromatic rings. The van der Waals surface area contributed by atoms with E-state index in [1.807, 2.05) is 0 Å². The Hall–Kier alpha value is -0.820. The zero-order valence-electron chi connectivity index (χ0n) is 9.15. The third kappa shape index (κ3) is 1.81. The molecule has 3 unspecified atom stereocenters. The fourth-order valence-electron chi connectivity index (χ4n) is 3.34. The summed E-state index contributed by atoms with van der Waals surface area (Å²) in [4.78, 5) is 0. The summed E-state index contributed by atoms with van der Waals surface area (Å²) in [6, 6.07) is 11.9. The maximum atomic E-state index is 3.68. The fourth-order valence-corrected chi connectivity index (χ4v) is 3.34. The van der Waals surface area contributed by atoms with Crippen LogP contribution in [0.3, 0.4) is 0 Å². The average Bonchev–Trinajstić information content (AvgIpc) is 2.74. The molecule has 1 saturated carbocycles. The predicted octanol–water partition coefficient (Wildman–Crippen LogP) is 2.93. The molecule has 2 aliphatic rings. The molecule has 0 bridgehead atoms. The third-order valence-electron chi connectivity index (χ3n) is 4.12. The van der Waals surface area contributed by atoms with Crippen molar-refractivity contribution in [1.82, 2.24) is 5.32 Å². The second-order valence-electron chi connectivity index (χ2n) is 5.04. The molecule has 0 spiro atoms. The first-order valence-electron chi connectivity index (χ1n) is 6.22. The topological polar surface area (TPSA) is 12.0 Å². The molecule has 1 heteroatoms.